The molecule has 0 atom stereocenters. The van der Waals surface area contributed by atoms with Gasteiger partial charge in [-0.15, -0.1) is 0 Å². The molecule has 0 aliphatic heterocycles. The second-order valence-electron chi connectivity index (χ2n) is 1.03. The Morgan fingerprint density at radius 3 is 1.50 bits per heavy atom. The van der Waals surface area contributed by atoms with Gasteiger partial charge in [0.25, 0.3) is 0 Å². The van der Waals surface area contributed by atoms with E-state index in [1.54, 1.807) is 0 Å². The summed E-state index contributed by atoms with van der Waals surface area (Å²) in [6.07, 6.45) is 0. The Morgan fingerprint density at radius 2 is 1.50 bits per heavy atom. The molecule has 0 rings (SSSR count). The second kappa shape index (κ2) is 15.7. The standard InChI is InChI=1S/C4H11N.2ClH.Ti/c1-3-5-4-2;;;/h5H,3-4H2,1-2H3;2*1H;/q;;;+2/p-2. The Bertz CT molecular complexity index is 28.0. The summed E-state index contributed by atoms with van der Waals surface area (Å²) in [4.78, 5) is 0. The molecule has 4 heteroatoms. The molecule has 0 saturated carbocycles. The first-order valence-electron chi connectivity index (χ1n) is 2.50. The fourth-order valence-electron chi connectivity index (χ4n) is 0.250. The zero-order valence-corrected chi connectivity index (χ0v) is 8.24. The van der Waals surface area contributed by atoms with Gasteiger partial charge in [0.2, 0.25) is 0 Å². The molecule has 0 saturated heterocycles. The van der Waals surface area contributed by atoms with Crippen molar-refractivity contribution in [2.45, 2.75) is 13.8 Å². The van der Waals surface area contributed by atoms with Gasteiger partial charge in [0, 0.05) is 0 Å². The molecule has 50 valence electrons. The van der Waals surface area contributed by atoms with Crippen LogP contribution in [0.2, 0.25) is 0 Å². The van der Waals surface area contributed by atoms with Gasteiger partial charge in [-0.25, -0.2) is 0 Å². The number of nitrogens with one attached hydrogen (secondary N) is 1. The van der Waals surface area contributed by atoms with Gasteiger partial charge in [-0.3, -0.25) is 0 Å². The average molecular weight is 192 g/mol. The maximum atomic E-state index is 4.89. The average Bonchev–Trinajstić information content (AvgIpc) is 1.71. The zero-order valence-electron chi connectivity index (χ0n) is 5.17. The van der Waals surface area contributed by atoms with Crippen molar-refractivity contribution in [2.75, 3.05) is 13.1 Å². The van der Waals surface area contributed by atoms with Gasteiger partial charge >= 0.3 is 35.6 Å². The monoisotopic (exact) mass is 191 g/mol. The summed E-state index contributed by atoms with van der Waals surface area (Å²) in [6.45, 7) is 6.39. The molecule has 0 radical (unpaired) electrons. The number of halogens is 2. The van der Waals surface area contributed by atoms with Gasteiger partial charge in [0.15, 0.2) is 0 Å². The molecule has 0 aliphatic carbocycles. The molecule has 0 unspecified atom stereocenters. The van der Waals surface area contributed by atoms with Crippen molar-refractivity contribution in [3.63, 3.8) is 0 Å². The molecule has 0 aromatic rings. The predicted octanol–water partition coefficient (Wildman–Crippen LogP) is 1.99. The molecule has 0 spiro atoms. The summed E-state index contributed by atoms with van der Waals surface area (Å²) in [5.74, 6) is 0. The van der Waals surface area contributed by atoms with Crippen LogP contribution in [0.25, 0.3) is 0 Å². The third-order valence-corrected chi connectivity index (χ3v) is 0.500. The van der Waals surface area contributed by atoms with Crippen LogP contribution in [-0.4, -0.2) is 13.1 Å². The van der Waals surface area contributed by atoms with Gasteiger partial charge in [0.05, 0.1) is 0 Å². The van der Waals surface area contributed by atoms with Gasteiger partial charge < -0.3 is 5.32 Å². The van der Waals surface area contributed by atoms with Crippen LogP contribution in [0.1, 0.15) is 13.8 Å². The topological polar surface area (TPSA) is 12.0 Å². The second-order valence-corrected chi connectivity index (χ2v) is 3.61. The molecular formula is C4H11Cl2NTi. The van der Waals surface area contributed by atoms with Crippen molar-refractivity contribution in [1.82, 2.24) is 5.32 Å². The molecule has 0 aromatic heterocycles. The Hall–Kier alpha value is 1.25. The van der Waals surface area contributed by atoms with E-state index >= 15 is 0 Å². The van der Waals surface area contributed by atoms with E-state index in [0.29, 0.717) is 0 Å². The van der Waals surface area contributed by atoms with Crippen LogP contribution in [0.3, 0.4) is 0 Å². The molecule has 0 aromatic carbocycles. The van der Waals surface area contributed by atoms with Crippen LogP contribution in [-0.2, 0) is 17.0 Å². The summed E-state index contributed by atoms with van der Waals surface area (Å²) in [7, 11) is 9.78. The number of hydrogen-bond acceptors (Lipinski definition) is 1. The van der Waals surface area contributed by atoms with E-state index < -0.39 is 17.0 Å². The number of rotatable bonds is 2. The van der Waals surface area contributed by atoms with E-state index in [-0.39, 0.29) is 0 Å². The number of hydrogen-bond donors (Lipinski definition) is 1. The Balaban J connectivity index is 0. The van der Waals surface area contributed by atoms with Crippen LogP contribution in [0.5, 0.6) is 0 Å². The van der Waals surface area contributed by atoms with Crippen LogP contribution in [0.15, 0.2) is 0 Å². The normalized spacial score (nSPS) is 7.00. The Kier molecular flexibility index (Phi) is 23.6. The molecule has 8 heavy (non-hydrogen) atoms. The SMILES string of the molecule is CCNCC.[Cl][Ti][Cl]. The van der Waals surface area contributed by atoms with Gasteiger partial charge in [-0.2, -0.15) is 0 Å². The van der Waals surface area contributed by atoms with Crippen molar-refractivity contribution in [3.05, 3.63) is 0 Å². The van der Waals surface area contributed by atoms with Crippen molar-refractivity contribution in [1.29, 1.82) is 0 Å². The van der Waals surface area contributed by atoms with Crippen molar-refractivity contribution < 1.29 is 17.0 Å². The molecule has 0 fully saturated rings. The summed E-state index contributed by atoms with van der Waals surface area (Å²) in [5.41, 5.74) is 0. The van der Waals surface area contributed by atoms with Gasteiger partial charge in [0.1, 0.15) is 0 Å². The van der Waals surface area contributed by atoms with Crippen LogP contribution in [0.4, 0.5) is 0 Å². The maximum absolute atomic E-state index is 4.89. The summed E-state index contributed by atoms with van der Waals surface area (Å²) < 4.78 is 0. The fraction of sp³-hybridized carbons (Fsp3) is 1.00. The van der Waals surface area contributed by atoms with Crippen molar-refractivity contribution >= 4 is 18.6 Å². The first-order chi connectivity index (χ1) is 3.83. The zero-order chi connectivity index (χ0) is 6.83. The molecular weight excluding hydrogens is 181 g/mol. The first-order valence-corrected chi connectivity index (χ1v) is 6.80. The Morgan fingerprint density at radius 1 is 1.25 bits per heavy atom. The summed E-state index contributed by atoms with van der Waals surface area (Å²) in [5, 5.41) is 3.11. The molecule has 0 aliphatic rings. The van der Waals surface area contributed by atoms with Crippen LogP contribution < -0.4 is 5.32 Å². The fourth-order valence-corrected chi connectivity index (χ4v) is 0.250. The predicted molar refractivity (Wildman–Crippen MR) is 35.9 cm³/mol. The van der Waals surface area contributed by atoms with E-state index in [0.717, 1.165) is 13.1 Å². The van der Waals surface area contributed by atoms with Crippen LogP contribution in [0, 0.1) is 0 Å². The Labute approximate surface area is 67.8 Å². The molecule has 0 heterocycles. The van der Waals surface area contributed by atoms with E-state index in [1.807, 2.05) is 0 Å². The molecule has 0 amide bonds. The minimum absolute atomic E-state index is 0.556. The molecule has 0 bridgehead atoms. The van der Waals surface area contributed by atoms with Gasteiger partial charge in [-0.05, 0) is 13.1 Å². The van der Waals surface area contributed by atoms with E-state index in [2.05, 4.69) is 19.2 Å². The minimum atomic E-state index is -0.556. The molecule has 1 nitrogen and oxygen atoms in total. The van der Waals surface area contributed by atoms with Gasteiger partial charge in [-0.1, -0.05) is 13.8 Å². The quantitative estimate of drug-likeness (QED) is 0.659. The van der Waals surface area contributed by atoms with E-state index in [1.165, 1.54) is 0 Å². The third-order valence-electron chi connectivity index (χ3n) is 0.500. The summed E-state index contributed by atoms with van der Waals surface area (Å²) in [6, 6.07) is 0. The molecule has 1 N–H and O–H groups in total. The summed E-state index contributed by atoms with van der Waals surface area (Å²) >= 11 is -0.556. The van der Waals surface area contributed by atoms with Crippen molar-refractivity contribution in [3.8, 4) is 0 Å². The van der Waals surface area contributed by atoms with Crippen LogP contribution >= 0.6 is 18.6 Å². The third kappa shape index (κ3) is 26.8. The van der Waals surface area contributed by atoms with Crippen molar-refractivity contribution in [2.24, 2.45) is 0 Å². The first kappa shape index (κ1) is 12.0. The van der Waals surface area contributed by atoms with E-state index in [9.17, 15) is 0 Å². The van der Waals surface area contributed by atoms with E-state index in [4.69, 9.17) is 18.6 Å².